The number of nitrogens with one attached hydrogen (secondary N) is 1. The molecule has 3 heteroatoms. The molecular formula is C12H15NO2. The predicted octanol–water partition coefficient (Wildman–Crippen LogP) is 2.41. The van der Waals surface area contributed by atoms with Gasteiger partial charge in [-0.15, -0.1) is 0 Å². The van der Waals surface area contributed by atoms with Gasteiger partial charge in [-0.3, -0.25) is 4.79 Å². The zero-order valence-corrected chi connectivity index (χ0v) is 9.26. The van der Waals surface area contributed by atoms with Gasteiger partial charge in [0.05, 0.1) is 5.69 Å². The number of fused-ring (bicyclic) bond motifs is 1. The molecule has 1 aromatic rings. The highest BCUT2D eigenvalue weighted by Gasteiger charge is 2.26. The van der Waals surface area contributed by atoms with E-state index in [2.05, 4.69) is 11.4 Å². The molecule has 0 aromatic heterocycles. The number of aryl methyl sites for hydroxylation is 2. The van der Waals surface area contributed by atoms with Crippen LogP contribution in [0.1, 0.15) is 24.5 Å². The zero-order chi connectivity index (χ0) is 11.0. The number of ether oxygens (including phenoxy) is 1. The van der Waals surface area contributed by atoms with Crippen LogP contribution in [-0.2, 0) is 4.79 Å². The summed E-state index contributed by atoms with van der Waals surface area (Å²) >= 11 is 0. The molecule has 1 N–H and O–H groups in total. The first kappa shape index (κ1) is 10.0. The Kier molecular flexibility index (Phi) is 2.39. The molecule has 1 aliphatic heterocycles. The molecule has 1 amide bonds. The molecular weight excluding hydrogens is 190 g/mol. The molecule has 1 heterocycles. The summed E-state index contributed by atoms with van der Waals surface area (Å²) in [5.74, 6) is 0.766. The molecule has 15 heavy (non-hydrogen) atoms. The van der Waals surface area contributed by atoms with Crippen molar-refractivity contribution in [1.29, 1.82) is 0 Å². The third-order valence-electron chi connectivity index (χ3n) is 2.60. The Labute approximate surface area is 89.4 Å². The van der Waals surface area contributed by atoms with Gasteiger partial charge in [-0.2, -0.15) is 0 Å². The van der Waals surface area contributed by atoms with E-state index in [1.165, 1.54) is 0 Å². The van der Waals surface area contributed by atoms with Crippen molar-refractivity contribution in [3.05, 3.63) is 23.3 Å². The van der Waals surface area contributed by atoms with Gasteiger partial charge in [0.1, 0.15) is 5.75 Å². The van der Waals surface area contributed by atoms with E-state index in [0.717, 1.165) is 22.6 Å². The van der Waals surface area contributed by atoms with Crippen molar-refractivity contribution < 1.29 is 9.53 Å². The molecule has 1 aromatic carbocycles. The quantitative estimate of drug-likeness (QED) is 0.764. The van der Waals surface area contributed by atoms with Crippen LogP contribution in [0.5, 0.6) is 5.75 Å². The van der Waals surface area contributed by atoms with E-state index < -0.39 is 0 Å². The van der Waals surface area contributed by atoms with Gasteiger partial charge in [-0.1, -0.05) is 13.0 Å². The number of carbonyl (C=O) groups is 1. The molecule has 80 valence electrons. The highest BCUT2D eigenvalue weighted by Crippen LogP contribution is 2.34. The van der Waals surface area contributed by atoms with Crippen LogP contribution in [0.25, 0.3) is 0 Å². The summed E-state index contributed by atoms with van der Waals surface area (Å²) in [4.78, 5) is 11.6. The normalized spacial score (nSPS) is 19.1. The second-order valence-electron chi connectivity index (χ2n) is 3.96. The van der Waals surface area contributed by atoms with E-state index in [-0.39, 0.29) is 12.0 Å². The van der Waals surface area contributed by atoms with Crippen molar-refractivity contribution in [1.82, 2.24) is 0 Å². The summed E-state index contributed by atoms with van der Waals surface area (Å²) in [6.07, 6.45) is 0.345. The van der Waals surface area contributed by atoms with E-state index >= 15 is 0 Å². The van der Waals surface area contributed by atoms with E-state index in [1.807, 2.05) is 26.8 Å². The van der Waals surface area contributed by atoms with Crippen molar-refractivity contribution in [3.63, 3.8) is 0 Å². The highest BCUT2D eigenvalue weighted by molar-refractivity contribution is 5.98. The highest BCUT2D eigenvalue weighted by atomic mass is 16.5. The molecule has 0 radical (unpaired) electrons. The molecule has 0 fully saturated rings. The predicted molar refractivity (Wildman–Crippen MR) is 59.3 cm³/mol. The summed E-state index contributed by atoms with van der Waals surface area (Å²) in [5.41, 5.74) is 3.00. The number of carbonyl (C=O) groups excluding carboxylic acids is 1. The third kappa shape index (κ3) is 1.69. The first-order valence-corrected chi connectivity index (χ1v) is 5.20. The lowest BCUT2D eigenvalue weighted by molar-refractivity contribution is -0.123. The van der Waals surface area contributed by atoms with Crippen LogP contribution >= 0.6 is 0 Å². The zero-order valence-electron chi connectivity index (χ0n) is 9.26. The summed E-state index contributed by atoms with van der Waals surface area (Å²) in [6, 6.07) is 4.00. The molecule has 0 saturated heterocycles. The number of hydrogen-bond acceptors (Lipinski definition) is 2. The van der Waals surface area contributed by atoms with Crippen molar-refractivity contribution >= 4 is 11.6 Å². The van der Waals surface area contributed by atoms with Gasteiger partial charge in [0.15, 0.2) is 6.10 Å². The Balaban J connectivity index is 2.45. The van der Waals surface area contributed by atoms with Crippen LogP contribution < -0.4 is 10.1 Å². The lowest BCUT2D eigenvalue weighted by Crippen LogP contribution is -2.36. The van der Waals surface area contributed by atoms with Crippen molar-refractivity contribution in [3.8, 4) is 5.75 Å². The molecule has 0 bridgehead atoms. The Bertz CT molecular complexity index is 412. The topological polar surface area (TPSA) is 38.3 Å². The van der Waals surface area contributed by atoms with Gasteiger partial charge in [0, 0.05) is 0 Å². The minimum atomic E-state index is -0.348. The van der Waals surface area contributed by atoms with Gasteiger partial charge in [-0.25, -0.2) is 0 Å². The fourth-order valence-corrected chi connectivity index (χ4v) is 1.88. The number of anilines is 1. The van der Waals surface area contributed by atoms with Gasteiger partial charge >= 0.3 is 0 Å². The van der Waals surface area contributed by atoms with Gasteiger partial charge in [-0.05, 0) is 37.5 Å². The van der Waals surface area contributed by atoms with E-state index in [1.54, 1.807) is 0 Å². The average Bonchev–Trinajstić information content (AvgIpc) is 2.16. The first-order chi connectivity index (χ1) is 7.11. The maximum absolute atomic E-state index is 11.6. The van der Waals surface area contributed by atoms with E-state index in [9.17, 15) is 4.79 Å². The van der Waals surface area contributed by atoms with Crippen LogP contribution in [0.4, 0.5) is 5.69 Å². The Morgan fingerprint density at radius 3 is 2.80 bits per heavy atom. The minimum Gasteiger partial charge on any atom is -0.478 e. The maximum Gasteiger partial charge on any atom is 0.265 e. The smallest absolute Gasteiger partial charge is 0.265 e. The summed E-state index contributed by atoms with van der Waals surface area (Å²) < 4.78 is 5.67. The van der Waals surface area contributed by atoms with Crippen molar-refractivity contribution in [2.75, 3.05) is 5.32 Å². The third-order valence-corrected chi connectivity index (χ3v) is 2.60. The number of hydrogen-bond donors (Lipinski definition) is 1. The Morgan fingerprint density at radius 2 is 2.13 bits per heavy atom. The SMILES string of the molecule is CCC1Oc2c(C)cc(C)cc2NC1=O. The van der Waals surface area contributed by atoms with Gasteiger partial charge < -0.3 is 10.1 Å². The van der Waals surface area contributed by atoms with Gasteiger partial charge in [0.25, 0.3) is 5.91 Å². The first-order valence-electron chi connectivity index (χ1n) is 5.20. The van der Waals surface area contributed by atoms with E-state index in [4.69, 9.17) is 4.74 Å². The van der Waals surface area contributed by atoms with Crippen LogP contribution in [0.15, 0.2) is 12.1 Å². The minimum absolute atomic E-state index is 0.0463. The molecule has 0 aliphatic carbocycles. The molecule has 2 rings (SSSR count). The molecule has 1 unspecified atom stereocenters. The van der Waals surface area contributed by atoms with E-state index in [0.29, 0.717) is 6.42 Å². The summed E-state index contributed by atoms with van der Waals surface area (Å²) in [5, 5.41) is 2.88. The number of rotatable bonds is 1. The second kappa shape index (κ2) is 3.57. The van der Waals surface area contributed by atoms with Crippen molar-refractivity contribution in [2.24, 2.45) is 0 Å². The Hall–Kier alpha value is -1.51. The standard InChI is InChI=1S/C12H15NO2/c1-4-10-12(14)13-9-6-7(2)5-8(3)11(9)15-10/h5-6,10H,4H2,1-3H3,(H,13,14). The molecule has 3 nitrogen and oxygen atoms in total. The van der Waals surface area contributed by atoms with Crippen molar-refractivity contribution in [2.45, 2.75) is 33.3 Å². The Morgan fingerprint density at radius 1 is 1.40 bits per heavy atom. The lowest BCUT2D eigenvalue weighted by atomic mass is 10.1. The molecule has 1 aliphatic rings. The van der Waals surface area contributed by atoms with Crippen LogP contribution in [-0.4, -0.2) is 12.0 Å². The lowest BCUT2D eigenvalue weighted by Gasteiger charge is -2.26. The number of benzene rings is 1. The molecule has 1 atom stereocenters. The average molecular weight is 205 g/mol. The van der Waals surface area contributed by atoms with Gasteiger partial charge in [0.2, 0.25) is 0 Å². The summed E-state index contributed by atoms with van der Waals surface area (Å²) in [7, 11) is 0. The summed E-state index contributed by atoms with van der Waals surface area (Å²) in [6.45, 7) is 5.94. The monoisotopic (exact) mass is 205 g/mol. The van der Waals surface area contributed by atoms with Crippen LogP contribution in [0.2, 0.25) is 0 Å². The van der Waals surface area contributed by atoms with Crippen LogP contribution in [0.3, 0.4) is 0 Å². The fraction of sp³-hybridized carbons (Fsp3) is 0.417. The molecule has 0 saturated carbocycles. The second-order valence-corrected chi connectivity index (χ2v) is 3.96. The molecule has 0 spiro atoms. The maximum atomic E-state index is 11.6. The number of amides is 1. The van der Waals surface area contributed by atoms with Crippen LogP contribution in [0, 0.1) is 13.8 Å². The largest absolute Gasteiger partial charge is 0.478 e. The fourth-order valence-electron chi connectivity index (χ4n) is 1.88.